The van der Waals surface area contributed by atoms with Crippen molar-refractivity contribution in [1.29, 1.82) is 0 Å². The van der Waals surface area contributed by atoms with Gasteiger partial charge in [0, 0.05) is 18.5 Å². The molecule has 0 radical (unpaired) electrons. The molecule has 3 heterocycles. The second kappa shape index (κ2) is 13.1. The Morgan fingerprint density at radius 2 is 1.12 bits per heavy atom. The van der Waals surface area contributed by atoms with Crippen LogP contribution in [-0.4, -0.2) is 36.8 Å². The van der Waals surface area contributed by atoms with Crippen LogP contribution in [0.1, 0.15) is 19.3 Å². The summed E-state index contributed by atoms with van der Waals surface area (Å²) >= 11 is 0. The fourth-order valence-corrected chi connectivity index (χ4v) is 3.07. The summed E-state index contributed by atoms with van der Waals surface area (Å²) in [5, 5.41) is 10.3. The van der Waals surface area contributed by atoms with E-state index < -0.39 is 0 Å². The van der Waals surface area contributed by atoms with Crippen LogP contribution in [0.3, 0.4) is 0 Å². The summed E-state index contributed by atoms with van der Waals surface area (Å²) in [7, 11) is 1.00. The summed E-state index contributed by atoms with van der Waals surface area (Å²) in [6.07, 6.45) is 12.5. The number of aliphatic hydroxyl groups is 1. The molecule has 0 aliphatic carbocycles. The van der Waals surface area contributed by atoms with E-state index in [0.29, 0.717) is 0 Å². The number of terminal acetylenes is 1. The maximum atomic E-state index is 7.00. The van der Waals surface area contributed by atoms with Crippen LogP contribution in [0.25, 0.3) is 0 Å². The minimum Gasteiger partial charge on any atom is -0.400 e. The zero-order valence-corrected chi connectivity index (χ0v) is 15.1. The fourth-order valence-electron chi connectivity index (χ4n) is 3.07. The van der Waals surface area contributed by atoms with Gasteiger partial charge in [-0.3, -0.25) is 0 Å². The number of piperidine rings is 3. The van der Waals surface area contributed by atoms with Crippen LogP contribution in [0.2, 0.25) is 0 Å². The normalized spacial score (nSPS) is 19.7. The molecular weight excluding hydrogens is 308 g/mol. The molecule has 3 fully saturated rings. The molecule has 3 nitrogen and oxygen atoms in total. The zero-order valence-electron chi connectivity index (χ0n) is 15.1. The lowest BCUT2D eigenvalue weighted by atomic mass is 9.89. The molecule has 0 atom stereocenters. The molecule has 25 heavy (non-hydrogen) atoms. The molecule has 0 unspecified atom stereocenters. The molecule has 134 valence electrons. The Hall–Kier alpha value is -2.28. The van der Waals surface area contributed by atoms with Crippen LogP contribution >= 0.6 is 0 Å². The van der Waals surface area contributed by atoms with Gasteiger partial charge in [-0.25, -0.2) is 0 Å². The number of para-hydroxylation sites is 2. The van der Waals surface area contributed by atoms with Crippen LogP contribution in [0, 0.1) is 18.8 Å². The van der Waals surface area contributed by atoms with Gasteiger partial charge < -0.3 is 15.3 Å². The highest BCUT2D eigenvalue weighted by molar-refractivity contribution is 5.58. The number of anilines is 2. The highest BCUT2D eigenvalue weighted by Crippen LogP contribution is 2.26. The summed E-state index contributed by atoms with van der Waals surface area (Å²) < 4.78 is 0. The van der Waals surface area contributed by atoms with Crippen molar-refractivity contribution in [2.45, 2.75) is 19.3 Å². The second-order valence-electron chi connectivity index (χ2n) is 5.93. The Morgan fingerprint density at radius 3 is 1.36 bits per heavy atom. The average molecular weight is 338 g/mol. The van der Waals surface area contributed by atoms with Crippen molar-refractivity contribution in [3.05, 3.63) is 60.7 Å². The summed E-state index contributed by atoms with van der Waals surface area (Å²) in [6.45, 7) is 4.18. The van der Waals surface area contributed by atoms with Gasteiger partial charge in [-0.15, -0.1) is 12.8 Å². The highest BCUT2D eigenvalue weighted by Gasteiger charge is 2.24. The monoisotopic (exact) mass is 338 g/mol. The SMILES string of the molecule is C#C.C1CN2CCC1CC2.CO.c1ccc(Nc2ccccc2)cc1. The predicted octanol–water partition coefficient (Wildman–Crippen LogP) is 4.39. The van der Waals surface area contributed by atoms with E-state index in [1.807, 2.05) is 60.7 Å². The molecule has 5 rings (SSSR count). The highest BCUT2D eigenvalue weighted by atomic mass is 16.2. The van der Waals surface area contributed by atoms with E-state index in [4.69, 9.17) is 5.11 Å². The van der Waals surface area contributed by atoms with Crippen molar-refractivity contribution in [1.82, 2.24) is 4.90 Å². The van der Waals surface area contributed by atoms with E-state index in [-0.39, 0.29) is 0 Å². The standard InChI is InChI=1S/C12H11N.C7H13N.C2H2.CH4O/c1-3-7-11(8-4-1)13-12-9-5-2-6-10-12;1-4-8-5-2-7(1)3-6-8;2*1-2/h1-10,13H;7H,1-6H2;1-2H;2H,1H3. The van der Waals surface area contributed by atoms with Gasteiger partial charge in [-0.05, 0) is 69.1 Å². The average Bonchev–Trinajstić information content (AvgIpc) is 2.74. The Balaban J connectivity index is 0.000000223. The Labute approximate surface area is 152 Å². The molecular formula is C22H30N2O. The van der Waals surface area contributed by atoms with Gasteiger partial charge in [0.1, 0.15) is 0 Å². The van der Waals surface area contributed by atoms with E-state index in [9.17, 15) is 0 Å². The molecule has 2 aromatic rings. The van der Waals surface area contributed by atoms with Crippen LogP contribution < -0.4 is 5.32 Å². The van der Waals surface area contributed by atoms with E-state index in [1.54, 1.807) is 0 Å². The van der Waals surface area contributed by atoms with Crippen molar-refractivity contribution in [3.63, 3.8) is 0 Å². The van der Waals surface area contributed by atoms with Gasteiger partial charge >= 0.3 is 0 Å². The Morgan fingerprint density at radius 1 is 0.760 bits per heavy atom. The summed E-state index contributed by atoms with van der Waals surface area (Å²) in [5.74, 6) is 1.11. The van der Waals surface area contributed by atoms with Crippen LogP contribution in [0.5, 0.6) is 0 Å². The minimum atomic E-state index is 1.00. The van der Waals surface area contributed by atoms with Gasteiger partial charge in [0.25, 0.3) is 0 Å². The van der Waals surface area contributed by atoms with Crippen LogP contribution in [-0.2, 0) is 0 Å². The number of nitrogens with zero attached hydrogens (tertiary/aromatic N) is 1. The van der Waals surface area contributed by atoms with Crippen molar-refractivity contribution >= 4 is 11.4 Å². The maximum Gasteiger partial charge on any atom is 0.0384 e. The Kier molecular flexibility index (Phi) is 10.8. The molecule has 0 amide bonds. The lowest BCUT2D eigenvalue weighted by Crippen LogP contribution is -2.41. The van der Waals surface area contributed by atoms with E-state index in [1.165, 1.54) is 38.9 Å². The molecule has 2 aromatic carbocycles. The first-order valence-corrected chi connectivity index (χ1v) is 8.78. The third-order valence-electron chi connectivity index (χ3n) is 4.40. The molecule has 3 aliphatic heterocycles. The van der Waals surface area contributed by atoms with Gasteiger partial charge in [0.2, 0.25) is 0 Å². The third kappa shape index (κ3) is 7.89. The van der Waals surface area contributed by atoms with E-state index in [0.717, 1.165) is 24.4 Å². The lowest BCUT2D eigenvalue weighted by molar-refractivity contribution is 0.111. The van der Waals surface area contributed by atoms with Crippen molar-refractivity contribution < 1.29 is 5.11 Å². The number of benzene rings is 2. The maximum absolute atomic E-state index is 7.00. The number of hydrogen-bond donors (Lipinski definition) is 2. The topological polar surface area (TPSA) is 35.5 Å². The summed E-state index contributed by atoms with van der Waals surface area (Å²) in [4.78, 5) is 2.58. The van der Waals surface area contributed by atoms with Crippen LogP contribution in [0.4, 0.5) is 11.4 Å². The zero-order chi connectivity index (χ0) is 18.3. The van der Waals surface area contributed by atoms with Crippen LogP contribution in [0.15, 0.2) is 60.7 Å². The summed E-state index contributed by atoms with van der Waals surface area (Å²) in [5.41, 5.74) is 2.24. The molecule has 0 aromatic heterocycles. The largest absolute Gasteiger partial charge is 0.400 e. The smallest absolute Gasteiger partial charge is 0.0384 e. The number of aliphatic hydroxyl groups excluding tert-OH is 1. The number of rotatable bonds is 2. The predicted molar refractivity (Wildman–Crippen MR) is 108 cm³/mol. The molecule has 2 bridgehead atoms. The molecule has 0 saturated carbocycles. The molecule has 3 saturated heterocycles. The lowest BCUT2D eigenvalue weighted by Gasteiger charge is -2.38. The van der Waals surface area contributed by atoms with E-state index >= 15 is 0 Å². The van der Waals surface area contributed by atoms with Crippen molar-refractivity contribution in [3.8, 4) is 12.8 Å². The quantitative estimate of drug-likeness (QED) is 0.797. The van der Waals surface area contributed by atoms with Crippen molar-refractivity contribution in [2.24, 2.45) is 5.92 Å². The van der Waals surface area contributed by atoms with Crippen molar-refractivity contribution in [2.75, 3.05) is 32.1 Å². The molecule has 0 spiro atoms. The van der Waals surface area contributed by atoms with Gasteiger partial charge in [0.15, 0.2) is 0 Å². The molecule has 2 N–H and O–H groups in total. The molecule has 3 aliphatic rings. The number of hydrogen-bond acceptors (Lipinski definition) is 3. The first-order valence-electron chi connectivity index (χ1n) is 8.78. The minimum absolute atomic E-state index is 1.00. The van der Waals surface area contributed by atoms with Gasteiger partial charge in [0.05, 0.1) is 0 Å². The molecule has 3 heteroatoms. The first-order chi connectivity index (χ1) is 12.4. The number of fused-ring (bicyclic) bond motifs is 3. The van der Waals surface area contributed by atoms with E-state index in [2.05, 4.69) is 23.1 Å². The number of nitrogens with one attached hydrogen (secondary N) is 1. The van der Waals surface area contributed by atoms with Gasteiger partial charge in [-0.1, -0.05) is 36.4 Å². The fraction of sp³-hybridized carbons (Fsp3) is 0.364. The summed E-state index contributed by atoms with van der Waals surface area (Å²) in [6, 6.07) is 20.3. The van der Waals surface area contributed by atoms with Gasteiger partial charge in [-0.2, -0.15) is 0 Å². The first kappa shape index (κ1) is 20.8. The Bertz CT molecular complexity index is 500. The second-order valence-corrected chi connectivity index (χ2v) is 5.93. The third-order valence-corrected chi connectivity index (χ3v) is 4.40.